The average Bonchev–Trinajstić information content (AvgIpc) is 2.45. The van der Waals surface area contributed by atoms with Crippen LogP contribution in [-0.2, 0) is 4.74 Å². The van der Waals surface area contributed by atoms with Crippen molar-refractivity contribution in [1.29, 1.82) is 0 Å². The van der Waals surface area contributed by atoms with Gasteiger partial charge >= 0.3 is 0 Å². The van der Waals surface area contributed by atoms with E-state index in [0.29, 0.717) is 31.0 Å². The predicted octanol–water partition coefficient (Wildman–Crippen LogP) is 2.18. The van der Waals surface area contributed by atoms with Crippen molar-refractivity contribution in [3.8, 4) is 0 Å². The summed E-state index contributed by atoms with van der Waals surface area (Å²) in [5, 5.41) is 16.7. The molecule has 1 unspecified atom stereocenters. The Balaban J connectivity index is 2.98. The predicted molar refractivity (Wildman–Crippen MR) is 80.7 cm³/mol. The molecule has 1 atom stereocenters. The van der Waals surface area contributed by atoms with Crippen molar-refractivity contribution < 1.29 is 14.5 Å². The van der Waals surface area contributed by atoms with Crippen LogP contribution in [0.5, 0.6) is 0 Å². The Morgan fingerprint density at radius 2 is 2.14 bits per heavy atom. The molecule has 0 heterocycles. The largest absolute Gasteiger partial charge is 0.380 e. The van der Waals surface area contributed by atoms with Crippen LogP contribution in [0.15, 0.2) is 18.2 Å². The lowest BCUT2D eigenvalue weighted by Crippen LogP contribution is -2.24. The highest BCUT2D eigenvalue weighted by molar-refractivity contribution is 5.95. The minimum absolute atomic E-state index is 0.0635. The molecule has 0 aromatic heterocycles. The van der Waals surface area contributed by atoms with Crippen LogP contribution in [0.4, 0.5) is 11.4 Å². The lowest BCUT2D eigenvalue weighted by atomic mass is 10.1. The summed E-state index contributed by atoms with van der Waals surface area (Å²) < 4.78 is 5.27. The van der Waals surface area contributed by atoms with Gasteiger partial charge in [-0.05, 0) is 32.9 Å². The van der Waals surface area contributed by atoms with Crippen LogP contribution in [0.1, 0.15) is 31.1 Å². The second-order valence-corrected chi connectivity index (χ2v) is 4.55. The smallest absolute Gasteiger partial charge is 0.292 e. The first kappa shape index (κ1) is 16.9. The highest BCUT2D eigenvalue weighted by Crippen LogP contribution is 2.26. The summed E-state index contributed by atoms with van der Waals surface area (Å²) in [4.78, 5) is 22.4. The molecule has 0 aliphatic rings. The summed E-state index contributed by atoms with van der Waals surface area (Å²) >= 11 is 0. The number of carbonyl (C=O) groups excluding carboxylic acids is 1. The monoisotopic (exact) mass is 295 g/mol. The van der Waals surface area contributed by atoms with Gasteiger partial charge in [0.2, 0.25) is 0 Å². The van der Waals surface area contributed by atoms with Gasteiger partial charge < -0.3 is 15.4 Å². The van der Waals surface area contributed by atoms with Gasteiger partial charge in [-0.1, -0.05) is 0 Å². The van der Waals surface area contributed by atoms with E-state index in [1.165, 1.54) is 18.2 Å². The molecule has 0 saturated heterocycles. The summed E-state index contributed by atoms with van der Waals surface area (Å²) in [7, 11) is 0. The molecule has 1 aromatic rings. The summed E-state index contributed by atoms with van der Waals surface area (Å²) in [6.45, 7) is 7.06. The number of rotatable bonds is 8. The fraction of sp³-hybridized carbons (Fsp3) is 0.500. The van der Waals surface area contributed by atoms with E-state index in [4.69, 9.17) is 4.74 Å². The SMILES string of the molecule is CCNC(=O)c1ccc([N+](=O)[O-])c(NC(C)COCC)c1. The highest BCUT2D eigenvalue weighted by Gasteiger charge is 2.18. The van der Waals surface area contributed by atoms with Crippen molar-refractivity contribution >= 4 is 17.3 Å². The van der Waals surface area contributed by atoms with Gasteiger partial charge in [0.1, 0.15) is 5.69 Å². The molecule has 0 saturated carbocycles. The fourth-order valence-electron chi connectivity index (χ4n) is 1.82. The quantitative estimate of drug-likeness (QED) is 0.566. The summed E-state index contributed by atoms with van der Waals surface area (Å²) in [6, 6.07) is 4.17. The number of amides is 1. The lowest BCUT2D eigenvalue weighted by molar-refractivity contribution is -0.384. The molecule has 116 valence electrons. The molecule has 0 fully saturated rings. The number of benzene rings is 1. The normalized spacial score (nSPS) is 11.8. The van der Waals surface area contributed by atoms with E-state index in [2.05, 4.69) is 10.6 Å². The molecule has 7 nitrogen and oxygen atoms in total. The first-order valence-corrected chi connectivity index (χ1v) is 6.90. The Labute approximate surface area is 123 Å². The molecular formula is C14H21N3O4. The molecule has 21 heavy (non-hydrogen) atoms. The zero-order valence-corrected chi connectivity index (χ0v) is 12.5. The maximum atomic E-state index is 11.8. The van der Waals surface area contributed by atoms with Crippen molar-refractivity contribution in [2.24, 2.45) is 0 Å². The van der Waals surface area contributed by atoms with Crippen LogP contribution in [-0.4, -0.2) is 36.6 Å². The Bertz CT molecular complexity index is 505. The van der Waals surface area contributed by atoms with Gasteiger partial charge in [-0.2, -0.15) is 0 Å². The summed E-state index contributed by atoms with van der Waals surface area (Å²) in [5.41, 5.74) is 0.635. The van der Waals surface area contributed by atoms with Crippen LogP contribution < -0.4 is 10.6 Å². The molecule has 0 spiro atoms. The zero-order chi connectivity index (χ0) is 15.8. The minimum atomic E-state index is -0.475. The van der Waals surface area contributed by atoms with E-state index in [9.17, 15) is 14.9 Å². The number of nitrogens with one attached hydrogen (secondary N) is 2. The maximum absolute atomic E-state index is 11.8. The van der Waals surface area contributed by atoms with Gasteiger partial charge in [-0.25, -0.2) is 0 Å². The van der Waals surface area contributed by atoms with E-state index in [1.54, 1.807) is 0 Å². The van der Waals surface area contributed by atoms with Gasteiger partial charge in [0.05, 0.1) is 11.5 Å². The second-order valence-electron chi connectivity index (χ2n) is 4.55. The molecular weight excluding hydrogens is 274 g/mol. The maximum Gasteiger partial charge on any atom is 0.292 e. The van der Waals surface area contributed by atoms with E-state index in [-0.39, 0.29) is 17.6 Å². The number of nitro groups is 1. The Hall–Kier alpha value is -2.15. The number of ether oxygens (including phenoxy) is 1. The third-order valence-corrected chi connectivity index (χ3v) is 2.77. The van der Waals surface area contributed by atoms with E-state index in [1.807, 2.05) is 20.8 Å². The molecule has 0 aliphatic carbocycles. The molecule has 0 bridgehead atoms. The molecule has 1 aromatic carbocycles. The Kier molecular flexibility index (Phi) is 6.61. The Morgan fingerprint density at radius 1 is 1.43 bits per heavy atom. The molecule has 1 rings (SSSR count). The molecule has 0 radical (unpaired) electrons. The topological polar surface area (TPSA) is 93.5 Å². The third kappa shape index (κ3) is 5.03. The number of nitrogens with zero attached hydrogens (tertiary/aromatic N) is 1. The van der Waals surface area contributed by atoms with E-state index < -0.39 is 4.92 Å². The lowest BCUT2D eigenvalue weighted by Gasteiger charge is -2.15. The second kappa shape index (κ2) is 8.21. The van der Waals surface area contributed by atoms with Crippen molar-refractivity contribution in [3.63, 3.8) is 0 Å². The van der Waals surface area contributed by atoms with Crippen LogP contribution in [0.25, 0.3) is 0 Å². The average molecular weight is 295 g/mol. The fourth-order valence-corrected chi connectivity index (χ4v) is 1.82. The van der Waals surface area contributed by atoms with Crippen molar-refractivity contribution in [3.05, 3.63) is 33.9 Å². The van der Waals surface area contributed by atoms with Crippen LogP contribution in [0, 0.1) is 10.1 Å². The van der Waals surface area contributed by atoms with E-state index >= 15 is 0 Å². The highest BCUT2D eigenvalue weighted by atomic mass is 16.6. The standard InChI is InChI=1S/C14H21N3O4/c1-4-15-14(18)11-6-7-13(17(19)20)12(8-11)16-10(3)9-21-5-2/h6-8,10,16H,4-5,9H2,1-3H3,(H,15,18). The molecule has 0 aliphatic heterocycles. The van der Waals surface area contributed by atoms with Gasteiger partial charge in [-0.15, -0.1) is 0 Å². The summed E-state index contributed by atoms with van der Waals surface area (Å²) in [6.07, 6.45) is 0. The molecule has 2 N–H and O–H groups in total. The number of carbonyl (C=O) groups is 1. The van der Waals surface area contributed by atoms with Gasteiger partial charge in [0.25, 0.3) is 11.6 Å². The van der Waals surface area contributed by atoms with Gasteiger partial charge in [0, 0.05) is 30.8 Å². The Morgan fingerprint density at radius 3 is 2.71 bits per heavy atom. The first-order valence-electron chi connectivity index (χ1n) is 6.90. The van der Waals surface area contributed by atoms with E-state index in [0.717, 1.165) is 0 Å². The van der Waals surface area contributed by atoms with Crippen molar-refractivity contribution in [1.82, 2.24) is 5.32 Å². The number of anilines is 1. The molecule has 7 heteroatoms. The minimum Gasteiger partial charge on any atom is -0.380 e. The van der Waals surface area contributed by atoms with Crippen molar-refractivity contribution in [2.45, 2.75) is 26.8 Å². The number of nitro benzene ring substituents is 1. The van der Waals surface area contributed by atoms with Crippen LogP contribution in [0.2, 0.25) is 0 Å². The van der Waals surface area contributed by atoms with Crippen LogP contribution >= 0.6 is 0 Å². The van der Waals surface area contributed by atoms with Crippen molar-refractivity contribution in [2.75, 3.05) is 25.1 Å². The third-order valence-electron chi connectivity index (χ3n) is 2.77. The summed E-state index contributed by atoms with van der Waals surface area (Å²) in [5.74, 6) is -0.257. The zero-order valence-electron chi connectivity index (χ0n) is 12.5. The first-order chi connectivity index (χ1) is 9.99. The van der Waals surface area contributed by atoms with Gasteiger partial charge in [0.15, 0.2) is 0 Å². The van der Waals surface area contributed by atoms with Crippen LogP contribution in [0.3, 0.4) is 0 Å². The number of hydrogen-bond donors (Lipinski definition) is 2. The number of hydrogen-bond acceptors (Lipinski definition) is 5. The van der Waals surface area contributed by atoms with Gasteiger partial charge in [-0.3, -0.25) is 14.9 Å². The molecule has 1 amide bonds.